The van der Waals surface area contributed by atoms with Gasteiger partial charge in [-0.2, -0.15) is 8.42 Å². The fourth-order valence-electron chi connectivity index (χ4n) is 5.54. The average molecular weight is 718 g/mol. The lowest BCUT2D eigenvalue weighted by Crippen LogP contribution is -2.45. The fourth-order valence-corrected chi connectivity index (χ4v) is 6.71. The fraction of sp³-hybridized carbons (Fsp3) is 0.486. The van der Waals surface area contributed by atoms with E-state index in [4.69, 9.17) is 21.1 Å². The SMILES string of the molecule is CC(C)COc1cc(F)cc(-c2ccc(C(=O)NS(=O)(=O)c3cccc(NCCC[C@@H]4CN(C(=O)OC(C)(C)C)C(C)(C)C4)n3)c(Cl)n2)c1. The van der Waals surface area contributed by atoms with Gasteiger partial charge in [-0.25, -0.2) is 23.9 Å². The highest BCUT2D eigenvalue weighted by atomic mass is 35.5. The van der Waals surface area contributed by atoms with E-state index in [9.17, 15) is 22.4 Å². The summed E-state index contributed by atoms with van der Waals surface area (Å²) < 4.78 is 53.7. The molecule has 4 rings (SSSR count). The van der Waals surface area contributed by atoms with Crippen molar-refractivity contribution in [2.24, 2.45) is 11.8 Å². The highest BCUT2D eigenvalue weighted by Gasteiger charge is 2.42. The quantitative estimate of drug-likeness (QED) is 0.146. The molecule has 2 N–H and O–H groups in total. The van der Waals surface area contributed by atoms with Crippen molar-refractivity contribution in [2.45, 2.75) is 83.9 Å². The molecule has 1 saturated heterocycles. The molecule has 0 spiro atoms. The van der Waals surface area contributed by atoms with Gasteiger partial charge in [0.1, 0.15) is 28.1 Å². The van der Waals surface area contributed by atoms with E-state index in [2.05, 4.69) is 15.3 Å². The van der Waals surface area contributed by atoms with Crippen molar-refractivity contribution in [1.82, 2.24) is 19.6 Å². The number of benzene rings is 1. The van der Waals surface area contributed by atoms with Crippen LogP contribution in [0.15, 0.2) is 53.6 Å². The van der Waals surface area contributed by atoms with Gasteiger partial charge in [0, 0.05) is 30.3 Å². The largest absolute Gasteiger partial charge is 0.493 e. The minimum atomic E-state index is -4.37. The highest BCUT2D eigenvalue weighted by molar-refractivity contribution is 7.90. The molecule has 2 aromatic heterocycles. The second-order valence-corrected chi connectivity index (χ2v) is 16.2. The number of nitrogens with zero attached hydrogens (tertiary/aromatic N) is 3. The second-order valence-electron chi connectivity index (χ2n) is 14.3. The number of sulfonamides is 1. The van der Waals surface area contributed by atoms with Crippen molar-refractivity contribution in [3.63, 3.8) is 0 Å². The summed E-state index contributed by atoms with van der Waals surface area (Å²) in [5, 5.41) is 2.53. The molecular formula is C35H45ClFN5O6S. The molecular weight excluding hydrogens is 673 g/mol. The van der Waals surface area contributed by atoms with Crippen LogP contribution >= 0.6 is 11.6 Å². The summed E-state index contributed by atoms with van der Waals surface area (Å²) in [7, 11) is -4.37. The smallest absolute Gasteiger partial charge is 0.410 e. The third-order valence-corrected chi connectivity index (χ3v) is 9.26. The second kappa shape index (κ2) is 15.3. The molecule has 1 fully saturated rings. The van der Waals surface area contributed by atoms with Crippen molar-refractivity contribution in [3.8, 4) is 17.0 Å². The Morgan fingerprint density at radius 1 is 1.12 bits per heavy atom. The Balaban J connectivity index is 1.34. The number of ether oxygens (including phenoxy) is 2. The predicted octanol–water partition coefficient (Wildman–Crippen LogP) is 7.32. The van der Waals surface area contributed by atoms with Crippen LogP contribution in [0.25, 0.3) is 11.3 Å². The van der Waals surface area contributed by atoms with Gasteiger partial charge < -0.3 is 19.7 Å². The summed E-state index contributed by atoms with van der Waals surface area (Å²) in [6.45, 7) is 15.1. The van der Waals surface area contributed by atoms with E-state index in [0.717, 1.165) is 19.3 Å². The molecule has 3 heterocycles. The topological polar surface area (TPSA) is 140 Å². The van der Waals surface area contributed by atoms with Crippen LogP contribution in [0, 0.1) is 17.7 Å². The molecule has 1 aliphatic heterocycles. The van der Waals surface area contributed by atoms with E-state index in [0.29, 0.717) is 42.7 Å². The zero-order valence-corrected chi connectivity index (χ0v) is 30.5. The van der Waals surface area contributed by atoms with E-state index in [1.807, 2.05) is 53.2 Å². The Morgan fingerprint density at radius 3 is 2.53 bits per heavy atom. The maximum atomic E-state index is 14.3. The van der Waals surface area contributed by atoms with Gasteiger partial charge in [0.25, 0.3) is 15.9 Å². The van der Waals surface area contributed by atoms with Crippen LogP contribution in [0.5, 0.6) is 5.75 Å². The molecule has 3 aromatic rings. The molecule has 49 heavy (non-hydrogen) atoms. The van der Waals surface area contributed by atoms with Crippen LogP contribution in [-0.4, -0.2) is 66.1 Å². The van der Waals surface area contributed by atoms with Gasteiger partial charge in [-0.15, -0.1) is 0 Å². The Bertz CT molecular complexity index is 1780. The number of anilines is 1. The van der Waals surface area contributed by atoms with Crippen LogP contribution in [0.4, 0.5) is 15.0 Å². The Hall–Kier alpha value is -3.97. The van der Waals surface area contributed by atoms with Crippen LogP contribution in [0.2, 0.25) is 5.15 Å². The van der Waals surface area contributed by atoms with Crippen molar-refractivity contribution in [1.29, 1.82) is 0 Å². The molecule has 0 unspecified atom stereocenters. The minimum absolute atomic E-state index is 0.184. The monoisotopic (exact) mass is 717 g/mol. The molecule has 0 saturated carbocycles. The van der Waals surface area contributed by atoms with Crippen molar-refractivity contribution in [3.05, 3.63) is 65.1 Å². The zero-order valence-electron chi connectivity index (χ0n) is 29.0. The normalized spacial score (nSPS) is 16.0. The standard InChI is InChI=1S/C35H45ClFN5O6S/c1-22(2)21-47-26-17-24(16-25(37)18-26)28-14-13-27(31(36)39-28)32(43)41-49(45,46)30-12-8-11-29(40-30)38-15-9-10-23-19-35(6,7)42(20-23)33(44)48-34(3,4)5/h8,11-14,16-18,22-23H,9-10,15,19-21H2,1-7H3,(H,38,40)(H,41,43)/t23-/m0/s1. The van der Waals surface area contributed by atoms with Crippen LogP contribution < -0.4 is 14.8 Å². The molecule has 0 aliphatic carbocycles. The number of hydrogen-bond acceptors (Lipinski definition) is 9. The lowest BCUT2D eigenvalue weighted by Gasteiger charge is -2.33. The van der Waals surface area contributed by atoms with Gasteiger partial charge in [0.15, 0.2) is 5.03 Å². The minimum Gasteiger partial charge on any atom is -0.493 e. The first-order valence-corrected chi connectivity index (χ1v) is 18.1. The van der Waals surface area contributed by atoms with Crippen molar-refractivity contribution in [2.75, 3.05) is 25.0 Å². The molecule has 2 amide bonds. The number of aromatic nitrogens is 2. The number of hydrogen-bond donors (Lipinski definition) is 2. The first kappa shape index (κ1) is 37.8. The number of likely N-dealkylation sites (tertiary alicyclic amines) is 1. The summed E-state index contributed by atoms with van der Waals surface area (Å²) in [6.07, 6.45) is 2.15. The number of rotatable bonds is 12. The van der Waals surface area contributed by atoms with Gasteiger partial charge in [0.05, 0.1) is 17.9 Å². The Kier molecular flexibility index (Phi) is 11.8. The number of carbonyl (C=O) groups excluding carboxylic acids is 2. The predicted molar refractivity (Wildman–Crippen MR) is 187 cm³/mol. The molecule has 0 bridgehead atoms. The number of carbonyl (C=O) groups is 2. The first-order valence-electron chi connectivity index (χ1n) is 16.2. The molecule has 0 radical (unpaired) electrons. The molecule has 1 atom stereocenters. The summed E-state index contributed by atoms with van der Waals surface area (Å²) in [6, 6.07) is 11.3. The Labute approximate surface area is 293 Å². The lowest BCUT2D eigenvalue weighted by atomic mass is 9.93. The van der Waals surface area contributed by atoms with Crippen molar-refractivity contribution < 1.29 is 31.9 Å². The lowest BCUT2D eigenvalue weighted by molar-refractivity contribution is 0.0130. The molecule has 14 heteroatoms. The summed E-state index contributed by atoms with van der Waals surface area (Å²) in [4.78, 5) is 35.9. The molecule has 1 aliphatic rings. The molecule has 11 nitrogen and oxygen atoms in total. The average Bonchev–Trinajstić information content (AvgIpc) is 3.31. The number of nitrogens with one attached hydrogen (secondary N) is 2. The van der Waals surface area contributed by atoms with Crippen LogP contribution in [0.1, 0.15) is 78.1 Å². The maximum Gasteiger partial charge on any atom is 0.410 e. The van der Waals surface area contributed by atoms with E-state index < -0.39 is 27.3 Å². The van der Waals surface area contributed by atoms with Crippen molar-refractivity contribution >= 4 is 39.4 Å². The third-order valence-electron chi connectivity index (χ3n) is 7.74. The molecule has 266 valence electrons. The highest BCUT2D eigenvalue weighted by Crippen LogP contribution is 2.36. The third kappa shape index (κ3) is 10.5. The number of pyridine rings is 2. The number of halogens is 2. The van der Waals surface area contributed by atoms with E-state index >= 15 is 0 Å². The van der Waals surface area contributed by atoms with Gasteiger partial charge in [-0.3, -0.25) is 4.79 Å². The van der Waals surface area contributed by atoms with Gasteiger partial charge in [0.2, 0.25) is 0 Å². The zero-order chi connectivity index (χ0) is 36.1. The first-order chi connectivity index (χ1) is 22.8. The summed E-state index contributed by atoms with van der Waals surface area (Å²) in [5.41, 5.74) is -0.413. The number of amides is 2. The van der Waals surface area contributed by atoms with Crippen LogP contribution in [-0.2, 0) is 14.8 Å². The van der Waals surface area contributed by atoms with E-state index in [1.54, 1.807) is 17.0 Å². The summed E-state index contributed by atoms with van der Waals surface area (Å²) >= 11 is 6.30. The Morgan fingerprint density at radius 2 is 1.86 bits per heavy atom. The van der Waals surface area contributed by atoms with Gasteiger partial charge >= 0.3 is 6.09 Å². The van der Waals surface area contributed by atoms with E-state index in [1.165, 1.54) is 36.4 Å². The van der Waals surface area contributed by atoms with Crippen LogP contribution in [0.3, 0.4) is 0 Å². The van der Waals surface area contributed by atoms with E-state index in [-0.39, 0.29) is 39.0 Å². The maximum absolute atomic E-state index is 14.3. The van der Waals surface area contributed by atoms with Gasteiger partial charge in [-0.1, -0.05) is 31.5 Å². The van der Waals surface area contributed by atoms with Gasteiger partial charge in [-0.05, 0) is 102 Å². The molecule has 1 aromatic carbocycles. The summed E-state index contributed by atoms with van der Waals surface area (Å²) in [5.74, 6) is -0.343.